The van der Waals surface area contributed by atoms with Crippen molar-refractivity contribution in [2.45, 2.75) is 53.1 Å². The molecule has 4 heteroatoms. The van der Waals surface area contributed by atoms with Crippen molar-refractivity contribution in [3.63, 3.8) is 0 Å². The first kappa shape index (κ1) is 37.2. The zero-order valence-corrected chi connectivity index (χ0v) is 36.2. The number of rotatable bonds is 10. The monoisotopic (exact) mass is 775 g/mol. The van der Waals surface area contributed by atoms with Crippen LogP contribution in [0.3, 0.4) is 0 Å². The predicted molar refractivity (Wildman–Crippen MR) is 242 cm³/mol. The van der Waals surface area contributed by atoms with Gasteiger partial charge in [-0.05, 0) is 0 Å². The second kappa shape index (κ2) is 7.79. The van der Waals surface area contributed by atoms with Crippen LogP contribution in [0.1, 0.15) is 20.8 Å². The average molecular weight is 776 g/mol. The second-order valence-corrected chi connectivity index (χ2v) is 79.3. The van der Waals surface area contributed by atoms with Crippen molar-refractivity contribution in [3.05, 3.63) is 219 Å². The molecule has 0 unspecified atom stereocenters. The van der Waals surface area contributed by atoms with Crippen LogP contribution >= 0.6 is 0 Å². The molecule has 2 N–H and O–H groups in total. The first-order valence-corrected chi connectivity index (χ1v) is 34.8. The fourth-order valence-corrected chi connectivity index (χ4v) is 115. The van der Waals surface area contributed by atoms with Gasteiger partial charge in [0.25, 0.3) is 0 Å². The number of H-pyrrole nitrogens is 1. The van der Waals surface area contributed by atoms with E-state index in [1.807, 2.05) is 0 Å². The van der Waals surface area contributed by atoms with Gasteiger partial charge in [0, 0.05) is 0 Å². The third-order valence-electron chi connectivity index (χ3n) is 24.0. The Kier molecular flexibility index (Phi) is 5.27. The van der Waals surface area contributed by atoms with Gasteiger partial charge in [-0.25, -0.2) is 0 Å². The summed E-state index contributed by atoms with van der Waals surface area (Å²) in [6, 6.07) is 62.0. The number of benzene rings is 5. The van der Waals surface area contributed by atoms with Crippen LogP contribution in [0.2, 0.25) is 26.8 Å². The third kappa shape index (κ3) is 1.77. The van der Waals surface area contributed by atoms with Crippen LogP contribution in [0, 0.1) is 0 Å². The van der Waals surface area contributed by atoms with Crippen LogP contribution in [0.4, 0.5) is 0 Å². The molecule has 0 fully saturated rings. The van der Waals surface area contributed by atoms with Crippen LogP contribution in [0.15, 0.2) is 219 Å². The molecule has 2 aliphatic carbocycles. The molecule has 55 heavy (non-hydrogen) atoms. The average Bonchev–Trinajstić information content (AvgIpc) is 4.07. The molecule has 0 atom stereocenters. The molecule has 0 saturated heterocycles. The number of aromatic amines is 1. The maximum atomic E-state index is 5.55. The minimum atomic E-state index is -10.1. The van der Waals surface area contributed by atoms with E-state index in [1.165, 1.54) is 23.2 Å². The molecule has 6 aromatic rings. The van der Waals surface area contributed by atoms with Crippen molar-refractivity contribution in [2.24, 2.45) is 0 Å². The van der Waals surface area contributed by atoms with Gasteiger partial charge in [-0.1, -0.05) is 0 Å². The minimum absolute atomic E-state index is 0.452. The number of aromatic nitrogens is 1. The molecule has 0 amide bonds. The maximum absolute atomic E-state index is 10.1. The number of nitrogens with one attached hydrogen (secondary N) is 2. The SMILES string of the molecule is C[SiH](C)[Ti]([CH3])([NH]C(C)(C)C)([c]1ccccc1)([c]1ccccc1)([c]1ccccc1)([c]1ccccc1)([c]1ccccc1)([c]1cc[nH]c1)([CH]1C=CC=C1)[CH]1C=CC=C1. The van der Waals surface area contributed by atoms with Crippen LogP contribution in [0.25, 0.3) is 0 Å². The molecule has 8 rings (SSSR count). The van der Waals surface area contributed by atoms with Gasteiger partial charge in [0.05, 0.1) is 0 Å². The Balaban J connectivity index is 2.39. The van der Waals surface area contributed by atoms with E-state index in [2.05, 4.69) is 263 Å². The number of hydrogen-bond donors (Lipinski definition) is 2. The number of allylic oxidation sites excluding steroid dienone is 8. The normalized spacial score (nSPS) is 21.2. The van der Waals surface area contributed by atoms with Crippen molar-refractivity contribution < 1.29 is 7.12 Å². The van der Waals surface area contributed by atoms with Gasteiger partial charge in [-0.2, -0.15) is 0 Å². The van der Waals surface area contributed by atoms with Crippen molar-refractivity contribution in [1.29, 1.82) is 0 Å². The standard InChI is InChI=1S/5C6H5.2C5H5.C4H4N.C4H10N.C2H7Si.CH3.Ti/c5*1-2-4-6-5-3-1;3*1-2-4-5-3-1;1-4(2,3)5;1-3-2;;/h5*1-5H;2*1-5H;1,3-5H;5H,1-3H3;3H,1-2H3;1H3;/q;;;;;;;;-1;;;+1. The molecule has 2 nitrogen and oxygen atoms in total. The Morgan fingerprint density at radius 3 is 0.964 bits per heavy atom. The summed E-state index contributed by atoms with van der Waals surface area (Å²) in [4.78, 5) is 3.86. The van der Waals surface area contributed by atoms with Gasteiger partial charge in [0.15, 0.2) is 0 Å². The van der Waals surface area contributed by atoms with E-state index in [9.17, 15) is 0 Å². The zero-order chi connectivity index (χ0) is 38.9. The van der Waals surface area contributed by atoms with Gasteiger partial charge in [0.1, 0.15) is 0 Å². The third-order valence-corrected chi connectivity index (χ3v) is 124. The Bertz CT molecular complexity index is 2520. The van der Waals surface area contributed by atoms with E-state index in [0.29, 0.717) is 0 Å². The Morgan fingerprint density at radius 1 is 0.455 bits per heavy atom. The van der Waals surface area contributed by atoms with E-state index < -0.39 is 27.8 Å². The molecule has 1 aromatic heterocycles. The Morgan fingerprint density at radius 2 is 0.745 bits per heavy atom. The summed E-state index contributed by atoms with van der Waals surface area (Å²) in [5.41, 5.74) is -0.654. The summed E-state index contributed by atoms with van der Waals surface area (Å²) in [7, 11) is -10.1. The van der Waals surface area contributed by atoms with Gasteiger partial charge in [-0.15, -0.1) is 0 Å². The molecule has 0 bridgehead atoms. The van der Waals surface area contributed by atoms with Gasteiger partial charge in [0.2, 0.25) is 0 Å². The number of hydrogen-bond acceptors (Lipinski definition) is 1. The summed E-state index contributed by atoms with van der Waals surface area (Å²) in [5.74, 6) is 0. The van der Waals surface area contributed by atoms with Crippen molar-refractivity contribution >= 4 is 29.9 Å². The molecule has 0 radical (unpaired) electrons. The molecule has 0 aliphatic heterocycles. The summed E-state index contributed by atoms with van der Waals surface area (Å²) in [6.45, 7) is 9.56. The molecule has 0 spiro atoms. The van der Waals surface area contributed by atoms with Crippen LogP contribution < -0.4 is 27.0 Å². The molecule has 2 aliphatic rings. The molecular weight excluding hydrogens is 717 g/mol. The fraction of sp³-hybridized carbons (Fsp3) is 0.176. The van der Waals surface area contributed by atoms with Gasteiger partial charge < -0.3 is 0 Å². The molecule has 0 saturated carbocycles. The molecule has 281 valence electrons. The van der Waals surface area contributed by atoms with E-state index in [-0.39, 0.29) is 0 Å². The van der Waals surface area contributed by atoms with E-state index in [1.54, 1.807) is 0 Å². The summed E-state index contributed by atoms with van der Waals surface area (Å²) in [6.07, 6.45) is 24.3. The summed E-state index contributed by atoms with van der Waals surface area (Å²) < 4.78 is 12.0. The van der Waals surface area contributed by atoms with Crippen molar-refractivity contribution in [3.8, 4) is 0 Å². The van der Waals surface area contributed by atoms with E-state index in [4.69, 9.17) is 3.80 Å². The molecule has 5 aromatic carbocycles. The van der Waals surface area contributed by atoms with Crippen LogP contribution in [-0.2, 0) is 7.12 Å². The second-order valence-electron chi connectivity index (χ2n) is 22.8. The fourth-order valence-electron chi connectivity index (χ4n) is 21.9. The summed E-state index contributed by atoms with van der Waals surface area (Å²) in [5, 5.41) is 2.93. The van der Waals surface area contributed by atoms with Crippen LogP contribution in [0.5, 0.6) is 0 Å². The van der Waals surface area contributed by atoms with E-state index in [0.717, 1.165) is 0 Å². The molecular formula is C51H59N2SiTi. The predicted octanol–water partition coefficient (Wildman–Crippen LogP) is 9.33. The van der Waals surface area contributed by atoms with Crippen LogP contribution in [-0.4, -0.2) is 17.2 Å². The van der Waals surface area contributed by atoms with Crippen molar-refractivity contribution in [1.82, 2.24) is 8.78 Å². The van der Waals surface area contributed by atoms with Gasteiger partial charge in [-0.3, -0.25) is 0 Å². The van der Waals surface area contributed by atoms with E-state index >= 15 is 0 Å². The first-order chi connectivity index (χ1) is 26.1. The van der Waals surface area contributed by atoms with Gasteiger partial charge >= 0.3 is 318 Å². The topological polar surface area (TPSA) is 27.8 Å². The van der Waals surface area contributed by atoms with Crippen molar-refractivity contribution in [2.75, 3.05) is 0 Å². The quantitative estimate of drug-likeness (QED) is 0.134. The molecule has 1 heterocycles. The zero-order valence-electron chi connectivity index (χ0n) is 33.5. The summed E-state index contributed by atoms with van der Waals surface area (Å²) >= 11 is 0. The Hall–Kier alpha value is -4.77. The first-order valence-electron chi connectivity index (χ1n) is 20.4. The Labute approximate surface area is 315 Å².